The van der Waals surface area contributed by atoms with E-state index in [0.29, 0.717) is 0 Å². The fourth-order valence-electron chi connectivity index (χ4n) is 1.87. The Morgan fingerprint density at radius 2 is 2.00 bits per heavy atom. The maximum Gasteiger partial charge on any atom is 0.241 e. The SMILES string of the molecule is Cc1c(F)cc(N)cc1S(=O)(=O)NC1CC1(C)C. The second kappa shape index (κ2) is 3.93. The summed E-state index contributed by atoms with van der Waals surface area (Å²) in [6.07, 6.45) is 0.788. The molecule has 0 bridgehead atoms. The lowest BCUT2D eigenvalue weighted by Gasteiger charge is -2.11. The molecule has 18 heavy (non-hydrogen) atoms. The predicted molar refractivity (Wildman–Crippen MR) is 68.1 cm³/mol. The van der Waals surface area contributed by atoms with Crippen LogP contribution >= 0.6 is 0 Å². The van der Waals surface area contributed by atoms with Crippen LogP contribution in [0.4, 0.5) is 10.1 Å². The van der Waals surface area contributed by atoms with Crippen LogP contribution in [0.3, 0.4) is 0 Å². The molecular weight excluding hydrogens is 255 g/mol. The van der Waals surface area contributed by atoms with Gasteiger partial charge in [0.1, 0.15) is 5.82 Å². The molecule has 6 heteroatoms. The first kappa shape index (κ1) is 13.3. The Morgan fingerprint density at radius 3 is 2.50 bits per heavy atom. The van der Waals surface area contributed by atoms with E-state index in [2.05, 4.69) is 4.72 Å². The van der Waals surface area contributed by atoms with Gasteiger partial charge in [0, 0.05) is 17.3 Å². The average Bonchev–Trinajstić information content (AvgIpc) is 2.78. The van der Waals surface area contributed by atoms with Gasteiger partial charge in [0.15, 0.2) is 0 Å². The molecule has 0 saturated heterocycles. The second-order valence-corrected chi connectivity index (χ2v) is 7.17. The van der Waals surface area contributed by atoms with Crippen molar-refractivity contribution in [2.24, 2.45) is 5.41 Å². The second-order valence-electron chi connectivity index (χ2n) is 5.49. The van der Waals surface area contributed by atoms with Crippen LogP contribution in [-0.2, 0) is 10.0 Å². The third-order valence-corrected chi connectivity index (χ3v) is 5.02. The number of hydrogen-bond acceptors (Lipinski definition) is 3. The number of halogens is 1. The van der Waals surface area contributed by atoms with E-state index in [4.69, 9.17) is 5.73 Å². The molecule has 1 fully saturated rings. The van der Waals surface area contributed by atoms with Crippen LogP contribution in [0.2, 0.25) is 0 Å². The highest BCUT2D eigenvalue weighted by molar-refractivity contribution is 7.89. The molecule has 1 unspecified atom stereocenters. The number of hydrogen-bond donors (Lipinski definition) is 2. The molecule has 100 valence electrons. The van der Waals surface area contributed by atoms with Crippen LogP contribution in [0.25, 0.3) is 0 Å². The molecule has 0 aliphatic heterocycles. The first-order valence-electron chi connectivity index (χ1n) is 5.71. The quantitative estimate of drug-likeness (QED) is 0.824. The van der Waals surface area contributed by atoms with Crippen molar-refractivity contribution in [2.45, 2.75) is 38.1 Å². The summed E-state index contributed by atoms with van der Waals surface area (Å²) in [6.45, 7) is 5.39. The molecule has 0 aromatic heterocycles. The molecule has 0 amide bonds. The van der Waals surface area contributed by atoms with Crippen molar-refractivity contribution in [3.63, 3.8) is 0 Å². The minimum Gasteiger partial charge on any atom is -0.399 e. The number of nitrogens with two attached hydrogens (primary N) is 1. The fourth-order valence-corrected chi connectivity index (χ4v) is 3.57. The lowest BCUT2D eigenvalue weighted by atomic mass is 10.2. The first-order chi connectivity index (χ1) is 8.13. The number of sulfonamides is 1. The summed E-state index contributed by atoms with van der Waals surface area (Å²) in [5, 5.41) is 0. The first-order valence-corrected chi connectivity index (χ1v) is 7.20. The van der Waals surface area contributed by atoms with E-state index in [1.165, 1.54) is 13.0 Å². The van der Waals surface area contributed by atoms with Gasteiger partial charge >= 0.3 is 0 Å². The van der Waals surface area contributed by atoms with E-state index >= 15 is 0 Å². The van der Waals surface area contributed by atoms with E-state index in [1.807, 2.05) is 13.8 Å². The Bertz CT molecular complexity index is 596. The Balaban J connectivity index is 2.36. The standard InChI is InChI=1S/C12H17FN2O2S/c1-7-9(13)4-8(14)5-10(7)18(16,17)15-11-6-12(11,2)3/h4-5,11,15H,6,14H2,1-3H3. The largest absolute Gasteiger partial charge is 0.399 e. The van der Waals surface area contributed by atoms with Gasteiger partial charge in [0.05, 0.1) is 4.90 Å². The van der Waals surface area contributed by atoms with Crippen LogP contribution in [0.1, 0.15) is 25.8 Å². The average molecular weight is 272 g/mol. The van der Waals surface area contributed by atoms with Crippen LogP contribution in [0, 0.1) is 18.2 Å². The zero-order valence-corrected chi connectivity index (χ0v) is 11.4. The Morgan fingerprint density at radius 1 is 1.44 bits per heavy atom. The van der Waals surface area contributed by atoms with Gasteiger partial charge in [-0.05, 0) is 30.9 Å². The topological polar surface area (TPSA) is 72.2 Å². The van der Waals surface area contributed by atoms with Crippen LogP contribution in [-0.4, -0.2) is 14.5 Å². The molecule has 1 aliphatic carbocycles. The van der Waals surface area contributed by atoms with E-state index < -0.39 is 15.8 Å². The summed E-state index contributed by atoms with van der Waals surface area (Å²) in [5.41, 5.74) is 5.66. The molecule has 0 spiro atoms. The smallest absolute Gasteiger partial charge is 0.241 e. The van der Waals surface area contributed by atoms with Gasteiger partial charge in [-0.1, -0.05) is 13.8 Å². The highest BCUT2D eigenvalue weighted by Gasteiger charge is 2.48. The summed E-state index contributed by atoms with van der Waals surface area (Å²) in [6, 6.07) is 2.32. The van der Waals surface area contributed by atoms with Crippen molar-refractivity contribution >= 4 is 15.7 Å². The van der Waals surface area contributed by atoms with E-state index in [1.54, 1.807) is 0 Å². The molecule has 0 radical (unpaired) electrons. The molecule has 2 rings (SSSR count). The third-order valence-electron chi connectivity index (χ3n) is 3.42. The number of nitrogens with one attached hydrogen (secondary N) is 1. The number of nitrogen functional groups attached to an aromatic ring is 1. The molecule has 1 aliphatic rings. The summed E-state index contributed by atoms with van der Waals surface area (Å²) in [7, 11) is -3.71. The lowest BCUT2D eigenvalue weighted by Crippen LogP contribution is -2.29. The van der Waals surface area contributed by atoms with Gasteiger partial charge in [0.25, 0.3) is 0 Å². The molecule has 1 aromatic rings. The summed E-state index contributed by atoms with van der Waals surface area (Å²) in [5.74, 6) is -0.606. The molecule has 3 N–H and O–H groups in total. The van der Waals surface area contributed by atoms with Gasteiger partial charge in [0.2, 0.25) is 10.0 Å². The lowest BCUT2D eigenvalue weighted by molar-refractivity contribution is 0.552. The van der Waals surface area contributed by atoms with E-state index in [-0.39, 0.29) is 27.6 Å². The summed E-state index contributed by atoms with van der Waals surface area (Å²) in [4.78, 5) is -0.0808. The molecule has 1 saturated carbocycles. The van der Waals surface area contributed by atoms with Crippen molar-refractivity contribution in [1.82, 2.24) is 4.72 Å². The molecular formula is C12H17FN2O2S. The monoisotopic (exact) mass is 272 g/mol. The van der Waals surface area contributed by atoms with Crippen molar-refractivity contribution < 1.29 is 12.8 Å². The zero-order chi connectivity index (χ0) is 13.7. The van der Waals surface area contributed by atoms with Crippen molar-refractivity contribution in [1.29, 1.82) is 0 Å². The minimum absolute atomic E-state index is 0.0279. The molecule has 4 nitrogen and oxygen atoms in total. The number of rotatable bonds is 3. The Hall–Kier alpha value is -1.14. The van der Waals surface area contributed by atoms with Crippen molar-refractivity contribution in [2.75, 3.05) is 5.73 Å². The maximum absolute atomic E-state index is 13.5. The number of benzene rings is 1. The summed E-state index contributed by atoms with van der Waals surface area (Å²) >= 11 is 0. The maximum atomic E-state index is 13.5. The predicted octanol–water partition coefficient (Wildman–Crippen LogP) is 1.79. The Kier molecular flexibility index (Phi) is 2.90. The van der Waals surface area contributed by atoms with Gasteiger partial charge in [-0.25, -0.2) is 17.5 Å². The zero-order valence-electron chi connectivity index (χ0n) is 10.6. The van der Waals surface area contributed by atoms with Crippen molar-refractivity contribution in [3.8, 4) is 0 Å². The van der Waals surface area contributed by atoms with Crippen LogP contribution in [0.15, 0.2) is 17.0 Å². The molecule has 1 aromatic carbocycles. The Labute approximate surface area is 106 Å². The molecule has 0 heterocycles. The van der Waals surface area contributed by atoms with E-state index in [9.17, 15) is 12.8 Å². The summed E-state index contributed by atoms with van der Waals surface area (Å²) < 4.78 is 40.4. The molecule has 1 atom stereocenters. The highest BCUT2D eigenvalue weighted by atomic mass is 32.2. The van der Waals surface area contributed by atoms with Gasteiger partial charge < -0.3 is 5.73 Å². The minimum atomic E-state index is -3.71. The van der Waals surface area contributed by atoms with Crippen LogP contribution in [0.5, 0.6) is 0 Å². The van der Waals surface area contributed by atoms with Gasteiger partial charge in [-0.3, -0.25) is 0 Å². The third kappa shape index (κ3) is 2.35. The van der Waals surface area contributed by atoms with E-state index in [0.717, 1.165) is 12.5 Å². The number of anilines is 1. The fraction of sp³-hybridized carbons (Fsp3) is 0.500. The van der Waals surface area contributed by atoms with Gasteiger partial charge in [-0.15, -0.1) is 0 Å². The van der Waals surface area contributed by atoms with Crippen LogP contribution < -0.4 is 10.5 Å². The normalized spacial score (nSPS) is 21.9. The highest BCUT2D eigenvalue weighted by Crippen LogP contribution is 2.45. The van der Waals surface area contributed by atoms with Gasteiger partial charge in [-0.2, -0.15) is 0 Å². The van der Waals surface area contributed by atoms with Crippen molar-refractivity contribution in [3.05, 3.63) is 23.5 Å².